The number of nitrogens with zero attached hydrogens (tertiary/aromatic N) is 2. The highest BCUT2D eigenvalue weighted by atomic mass is 16.5. The molecule has 3 aromatic rings. The van der Waals surface area contributed by atoms with Crippen LogP contribution in [-0.2, 0) is 16.8 Å². The van der Waals surface area contributed by atoms with Gasteiger partial charge in [0.2, 0.25) is 0 Å². The fourth-order valence-corrected chi connectivity index (χ4v) is 4.37. The fraction of sp³-hybridized carbons (Fsp3) is 0.273. The summed E-state index contributed by atoms with van der Waals surface area (Å²) in [6, 6.07) is 18.3. The van der Waals surface area contributed by atoms with E-state index in [0.29, 0.717) is 25.4 Å². The second-order valence-corrected chi connectivity index (χ2v) is 7.11. The van der Waals surface area contributed by atoms with E-state index >= 15 is 0 Å². The third-order valence-electron chi connectivity index (χ3n) is 5.66. The first kappa shape index (κ1) is 15.5. The second-order valence-electron chi connectivity index (χ2n) is 7.11. The van der Waals surface area contributed by atoms with Crippen LogP contribution >= 0.6 is 0 Å². The van der Waals surface area contributed by atoms with E-state index in [1.807, 2.05) is 35.2 Å². The molecule has 1 fully saturated rings. The minimum atomic E-state index is -0.366. The number of benzene rings is 2. The number of aromatic nitrogens is 1. The number of ether oxygens (including phenoxy) is 1. The predicted octanol–water partition coefficient (Wildman–Crippen LogP) is 3.55. The van der Waals surface area contributed by atoms with E-state index in [4.69, 9.17) is 4.74 Å². The zero-order chi connectivity index (χ0) is 17.6. The van der Waals surface area contributed by atoms with E-state index < -0.39 is 0 Å². The molecular weight excluding hydrogens is 324 g/mol. The number of hydrogen-bond acceptors (Lipinski definition) is 3. The van der Waals surface area contributed by atoms with E-state index in [1.165, 1.54) is 11.1 Å². The zero-order valence-electron chi connectivity index (χ0n) is 14.5. The number of morpholine rings is 1. The van der Waals surface area contributed by atoms with Crippen molar-refractivity contribution < 1.29 is 9.53 Å². The van der Waals surface area contributed by atoms with Gasteiger partial charge in [0.1, 0.15) is 11.3 Å². The van der Waals surface area contributed by atoms with Gasteiger partial charge in [0, 0.05) is 18.1 Å². The van der Waals surface area contributed by atoms with Gasteiger partial charge in [-0.2, -0.15) is 0 Å². The Morgan fingerprint density at radius 1 is 1.08 bits per heavy atom. The SMILES string of the molecule is O=C(c1nccc2ccccc12)N1CCO[C@@]2(CCc3ccccc32)C1. The van der Waals surface area contributed by atoms with Gasteiger partial charge in [0.15, 0.2) is 0 Å². The quantitative estimate of drug-likeness (QED) is 0.678. The summed E-state index contributed by atoms with van der Waals surface area (Å²) in [6.07, 6.45) is 3.65. The van der Waals surface area contributed by atoms with E-state index in [9.17, 15) is 4.79 Å². The Bertz CT molecular complexity index is 991. The van der Waals surface area contributed by atoms with Crippen molar-refractivity contribution >= 4 is 16.7 Å². The molecule has 1 spiro atoms. The van der Waals surface area contributed by atoms with Gasteiger partial charge in [-0.05, 0) is 35.4 Å². The minimum absolute atomic E-state index is 0.00569. The van der Waals surface area contributed by atoms with Gasteiger partial charge in [0.05, 0.1) is 13.2 Å². The van der Waals surface area contributed by atoms with Crippen molar-refractivity contribution in [3.8, 4) is 0 Å². The molecule has 0 bridgehead atoms. The summed E-state index contributed by atoms with van der Waals surface area (Å²) < 4.78 is 6.24. The topological polar surface area (TPSA) is 42.4 Å². The summed E-state index contributed by atoms with van der Waals surface area (Å²) in [5, 5.41) is 1.95. The van der Waals surface area contributed by atoms with E-state index in [0.717, 1.165) is 23.6 Å². The van der Waals surface area contributed by atoms with Gasteiger partial charge in [-0.15, -0.1) is 0 Å². The maximum atomic E-state index is 13.3. The van der Waals surface area contributed by atoms with Crippen LogP contribution in [0.3, 0.4) is 0 Å². The maximum absolute atomic E-state index is 13.3. The Morgan fingerprint density at radius 3 is 2.88 bits per heavy atom. The van der Waals surface area contributed by atoms with Crippen LogP contribution in [0.4, 0.5) is 0 Å². The summed E-state index contributed by atoms with van der Waals surface area (Å²) in [4.78, 5) is 19.6. The third kappa shape index (κ3) is 2.33. The Morgan fingerprint density at radius 2 is 1.92 bits per heavy atom. The molecule has 2 aromatic carbocycles. The molecule has 0 radical (unpaired) electrons. The number of aryl methyl sites for hydroxylation is 1. The van der Waals surface area contributed by atoms with Crippen LogP contribution in [0.25, 0.3) is 10.8 Å². The molecule has 1 aliphatic carbocycles. The second kappa shape index (κ2) is 5.92. The van der Waals surface area contributed by atoms with Gasteiger partial charge in [-0.1, -0.05) is 48.5 Å². The van der Waals surface area contributed by atoms with Crippen LogP contribution in [0.5, 0.6) is 0 Å². The van der Waals surface area contributed by atoms with Crippen molar-refractivity contribution in [2.24, 2.45) is 0 Å². The van der Waals surface area contributed by atoms with Gasteiger partial charge in [-0.25, -0.2) is 0 Å². The third-order valence-corrected chi connectivity index (χ3v) is 5.66. The zero-order valence-corrected chi connectivity index (χ0v) is 14.5. The largest absolute Gasteiger partial charge is 0.367 e. The Labute approximate surface area is 152 Å². The Balaban J connectivity index is 1.50. The molecule has 4 nitrogen and oxygen atoms in total. The van der Waals surface area contributed by atoms with E-state index in [1.54, 1.807) is 6.20 Å². The summed E-state index contributed by atoms with van der Waals surface area (Å²) >= 11 is 0. The Hall–Kier alpha value is -2.72. The molecular formula is C22H20N2O2. The normalized spacial score (nSPS) is 21.9. The van der Waals surface area contributed by atoms with E-state index in [-0.39, 0.29) is 11.5 Å². The average molecular weight is 344 g/mol. The molecule has 1 aliphatic heterocycles. The molecule has 1 atom stereocenters. The first-order chi connectivity index (χ1) is 12.8. The lowest BCUT2D eigenvalue weighted by atomic mass is 9.93. The fourth-order valence-electron chi connectivity index (χ4n) is 4.37. The number of fused-ring (bicyclic) bond motifs is 3. The molecule has 2 heterocycles. The monoisotopic (exact) mass is 344 g/mol. The minimum Gasteiger partial charge on any atom is -0.367 e. The Kier molecular flexibility index (Phi) is 3.54. The van der Waals surface area contributed by atoms with Crippen molar-refractivity contribution in [2.45, 2.75) is 18.4 Å². The number of carbonyl (C=O) groups is 1. The highest BCUT2D eigenvalue weighted by Gasteiger charge is 2.44. The number of carbonyl (C=O) groups excluding carboxylic acids is 1. The molecule has 1 aromatic heterocycles. The molecule has 2 aliphatic rings. The number of pyridine rings is 1. The molecule has 130 valence electrons. The van der Waals surface area contributed by atoms with Gasteiger partial charge < -0.3 is 9.64 Å². The maximum Gasteiger partial charge on any atom is 0.273 e. The predicted molar refractivity (Wildman–Crippen MR) is 100 cm³/mol. The molecule has 26 heavy (non-hydrogen) atoms. The first-order valence-electron chi connectivity index (χ1n) is 9.12. The van der Waals surface area contributed by atoms with Gasteiger partial charge in [0.25, 0.3) is 5.91 Å². The molecule has 1 amide bonds. The molecule has 5 rings (SSSR count). The smallest absolute Gasteiger partial charge is 0.273 e. The standard InChI is InChI=1S/C22H20N2O2/c25-21(20-18-7-3-1-5-16(18)10-12-23-20)24-13-14-26-22(15-24)11-9-17-6-2-4-8-19(17)22/h1-8,10,12H,9,11,13-15H2/t22-/m0/s1. The lowest BCUT2D eigenvalue weighted by Crippen LogP contribution is -2.51. The summed E-state index contributed by atoms with van der Waals surface area (Å²) in [5.74, 6) is -0.00569. The molecule has 0 unspecified atom stereocenters. The average Bonchev–Trinajstić information content (AvgIpc) is 3.05. The van der Waals surface area contributed by atoms with Gasteiger partial charge >= 0.3 is 0 Å². The van der Waals surface area contributed by atoms with Crippen LogP contribution in [0.2, 0.25) is 0 Å². The summed E-state index contributed by atoms with van der Waals surface area (Å²) in [5.41, 5.74) is 2.75. The summed E-state index contributed by atoms with van der Waals surface area (Å²) in [7, 11) is 0. The highest BCUT2D eigenvalue weighted by molar-refractivity contribution is 6.05. The number of hydrogen-bond donors (Lipinski definition) is 0. The van der Waals surface area contributed by atoms with Crippen molar-refractivity contribution in [3.63, 3.8) is 0 Å². The number of amides is 1. The molecule has 0 saturated carbocycles. The van der Waals surface area contributed by atoms with Crippen LogP contribution in [0, 0.1) is 0 Å². The molecule has 1 saturated heterocycles. The van der Waals surface area contributed by atoms with E-state index in [2.05, 4.69) is 29.2 Å². The summed E-state index contributed by atoms with van der Waals surface area (Å²) in [6.45, 7) is 1.76. The van der Waals surface area contributed by atoms with Crippen molar-refractivity contribution in [3.05, 3.63) is 77.6 Å². The number of rotatable bonds is 1. The first-order valence-corrected chi connectivity index (χ1v) is 9.12. The lowest BCUT2D eigenvalue weighted by molar-refractivity contribution is -0.104. The van der Waals surface area contributed by atoms with Crippen LogP contribution < -0.4 is 0 Å². The van der Waals surface area contributed by atoms with Crippen molar-refractivity contribution in [1.29, 1.82) is 0 Å². The molecule has 0 N–H and O–H groups in total. The van der Waals surface area contributed by atoms with Crippen LogP contribution in [0.15, 0.2) is 60.8 Å². The van der Waals surface area contributed by atoms with Crippen LogP contribution in [-0.4, -0.2) is 35.5 Å². The van der Waals surface area contributed by atoms with Gasteiger partial charge in [-0.3, -0.25) is 9.78 Å². The highest BCUT2D eigenvalue weighted by Crippen LogP contribution is 2.42. The van der Waals surface area contributed by atoms with Crippen molar-refractivity contribution in [2.75, 3.05) is 19.7 Å². The van der Waals surface area contributed by atoms with Crippen LogP contribution in [0.1, 0.15) is 28.0 Å². The molecule has 4 heteroatoms. The lowest BCUT2D eigenvalue weighted by Gasteiger charge is -2.41. The van der Waals surface area contributed by atoms with Crippen molar-refractivity contribution in [1.82, 2.24) is 9.88 Å².